The van der Waals surface area contributed by atoms with E-state index in [-0.39, 0.29) is 16.5 Å². The monoisotopic (exact) mass is 401 g/mol. The summed E-state index contributed by atoms with van der Waals surface area (Å²) in [6, 6.07) is 2.16. The van der Waals surface area contributed by atoms with Crippen molar-refractivity contribution in [2.45, 2.75) is 44.2 Å². The molecule has 0 saturated carbocycles. The van der Waals surface area contributed by atoms with Crippen molar-refractivity contribution >= 4 is 27.6 Å². The third kappa shape index (κ3) is 6.00. The van der Waals surface area contributed by atoms with Crippen LogP contribution in [0.15, 0.2) is 29.2 Å². The second kappa shape index (κ2) is 9.42. The Labute approximate surface area is 157 Å². The molecule has 0 fully saturated rings. The molecule has 10 nitrogen and oxygen atoms in total. The van der Waals surface area contributed by atoms with Gasteiger partial charge in [-0.05, 0) is 25.0 Å². The second-order valence-corrected chi connectivity index (χ2v) is 7.70. The molecule has 0 aliphatic rings. The summed E-state index contributed by atoms with van der Waals surface area (Å²) in [5.74, 6) is -1.53. The van der Waals surface area contributed by atoms with Crippen molar-refractivity contribution in [3.8, 4) is 0 Å². The zero-order valence-corrected chi connectivity index (χ0v) is 16.3. The van der Waals surface area contributed by atoms with Crippen LogP contribution in [-0.2, 0) is 24.3 Å². The molecule has 0 saturated heterocycles. The molecule has 150 valence electrons. The highest BCUT2D eigenvalue weighted by molar-refractivity contribution is 7.89. The molecule has 0 spiro atoms. The van der Waals surface area contributed by atoms with Crippen molar-refractivity contribution in [1.29, 1.82) is 0 Å². The first-order valence-electron chi connectivity index (χ1n) is 8.18. The van der Waals surface area contributed by atoms with Crippen molar-refractivity contribution in [2.75, 3.05) is 7.11 Å². The van der Waals surface area contributed by atoms with E-state index in [4.69, 9.17) is 0 Å². The van der Waals surface area contributed by atoms with Gasteiger partial charge in [-0.15, -0.1) is 0 Å². The third-order valence-electron chi connectivity index (χ3n) is 4.05. The maximum atomic E-state index is 12.3. The quantitative estimate of drug-likeness (QED) is 0.356. The van der Waals surface area contributed by atoms with Gasteiger partial charge in [0.25, 0.3) is 5.69 Å². The fraction of sp³-hybridized carbons (Fsp3) is 0.500. The summed E-state index contributed by atoms with van der Waals surface area (Å²) >= 11 is 0. The van der Waals surface area contributed by atoms with Crippen LogP contribution in [-0.4, -0.2) is 44.4 Å². The number of carbonyl (C=O) groups excluding carboxylic acids is 2. The molecule has 0 aliphatic carbocycles. The number of hydrogen-bond donors (Lipinski definition) is 2. The van der Waals surface area contributed by atoms with E-state index in [1.54, 1.807) is 6.92 Å². The number of carbonyl (C=O) groups is 2. The number of non-ortho nitro benzene ring substituents is 1. The minimum atomic E-state index is -4.08. The lowest BCUT2D eigenvalue weighted by Gasteiger charge is -2.23. The second-order valence-electron chi connectivity index (χ2n) is 5.99. The maximum Gasteiger partial charge on any atom is 0.328 e. The topological polar surface area (TPSA) is 145 Å². The van der Waals surface area contributed by atoms with Crippen LogP contribution in [0.1, 0.15) is 27.2 Å². The predicted octanol–water partition coefficient (Wildman–Crippen LogP) is 0.965. The highest BCUT2D eigenvalue weighted by atomic mass is 32.2. The fourth-order valence-electron chi connectivity index (χ4n) is 2.18. The van der Waals surface area contributed by atoms with Crippen LogP contribution in [0.2, 0.25) is 0 Å². The molecule has 27 heavy (non-hydrogen) atoms. The van der Waals surface area contributed by atoms with Gasteiger partial charge in [0, 0.05) is 12.1 Å². The summed E-state index contributed by atoms with van der Waals surface area (Å²) in [5.41, 5.74) is -0.255. The van der Waals surface area contributed by atoms with E-state index in [1.165, 1.54) is 14.0 Å². The molecule has 1 amide bonds. The molecule has 1 aromatic carbocycles. The van der Waals surface area contributed by atoms with Crippen LogP contribution in [0.25, 0.3) is 0 Å². The Hall–Kier alpha value is -2.53. The Balaban J connectivity index is 2.88. The number of sulfonamides is 1. The van der Waals surface area contributed by atoms with E-state index in [0.717, 1.165) is 24.3 Å². The van der Waals surface area contributed by atoms with Crippen molar-refractivity contribution in [1.82, 2.24) is 10.0 Å². The van der Waals surface area contributed by atoms with Gasteiger partial charge in [0.15, 0.2) is 0 Å². The molecular formula is C16H23N3O7S. The Morgan fingerprint density at radius 1 is 1.22 bits per heavy atom. The first-order chi connectivity index (χ1) is 12.5. The van der Waals surface area contributed by atoms with Gasteiger partial charge in [-0.1, -0.05) is 20.3 Å². The minimum Gasteiger partial charge on any atom is -0.467 e. The van der Waals surface area contributed by atoms with Crippen molar-refractivity contribution < 1.29 is 27.7 Å². The summed E-state index contributed by atoms with van der Waals surface area (Å²) in [5, 5.41) is 13.1. The number of benzene rings is 1. The molecule has 11 heteroatoms. The Morgan fingerprint density at radius 3 is 2.22 bits per heavy atom. The SMILES string of the molecule is CCC(C)C(NC(=O)C(C)NS(=O)(=O)c1ccc([N+](=O)[O-])cc1)C(=O)OC. The lowest BCUT2D eigenvalue weighted by Crippen LogP contribution is -2.52. The zero-order chi connectivity index (χ0) is 20.8. The van der Waals surface area contributed by atoms with Gasteiger partial charge in [0.1, 0.15) is 6.04 Å². The molecule has 0 bridgehead atoms. The number of rotatable bonds is 9. The molecule has 3 unspecified atom stereocenters. The molecule has 0 aromatic heterocycles. The molecule has 0 heterocycles. The summed E-state index contributed by atoms with van der Waals surface area (Å²) in [4.78, 5) is 33.9. The van der Waals surface area contributed by atoms with Gasteiger partial charge >= 0.3 is 5.97 Å². The standard InChI is InChI=1S/C16H23N3O7S/c1-5-10(2)14(16(21)26-4)17-15(20)11(3)18-27(24,25)13-8-6-12(7-9-13)19(22)23/h6-11,14,18H,5H2,1-4H3,(H,17,20). The maximum absolute atomic E-state index is 12.3. The number of nitrogens with zero attached hydrogens (tertiary/aromatic N) is 1. The number of nitro benzene ring substituents is 1. The molecule has 3 atom stereocenters. The summed E-state index contributed by atoms with van der Waals surface area (Å²) in [6.07, 6.45) is 0.600. The van der Waals surface area contributed by atoms with Crippen LogP contribution in [0.4, 0.5) is 5.69 Å². The van der Waals surface area contributed by atoms with E-state index < -0.39 is 38.9 Å². The van der Waals surface area contributed by atoms with Crippen LogP contribution >= 0.6 is 0 Å². The Morgan fingerprint density at radius 2 is 1.78 bits per heavy atom. The minimum absolute atomic E-state index is 0.208. The lowest BCUT2D eigenvalue weighted by molar-refractivity contribution is -0.384. The summed E-state index contributed by atoms with van der Waals surface area (Å²) in [6.45, 7) is 4.92. The van der Waals surface area contributed by atoms with E-state index >= 15 is 0 Å². The first-order valence-corrected chi connectivity index (χ1v) is 9.66. The smallest absolute Gasteiger partial charge is 0.328 e. The number of hydrogen-bond acceptors (Lipinski definition) is 7. The Kier molecular flexibility index (Phi) is 7.85. The van der Waals surface area contributed by atoms with Gasteiger partial charge in [-0.2, -0.15) is 4.72 Å². The molecule has 0 radical (unpaired) electrons. The molecule has 1 aromatic rings. The van der Waals surface area contributed by atoms with Crippen molar-refractivity contribution in [3.05, 3.63) is 34.4 Å². The highest BCUT2D eigenvalue weighted by Crippen LogP contribution is 2.16. The van der Waals surface area contributed by atoms with Crippen LogP contribution < -0.4 is 10.0 Å². The van der Waals surface area contributed by atoms with E-state index in [0.29, 0.717) is 6.42 Å². The molecule has 0 aliphatic heterocycles. The van der Waals surface area contributed by atoms with Crippen LogP contribution in [0.3, 0.4) is 0 Å². The van der Waals surface area contributed by atoms with Gasteiger partial charge < -0.3 is 10.1 Å². The van der Waals surface area contributed by atoms with E-state index in [9.17, 15) is 28.1 Å². The Bertz CT molecular complexity index is 793. The average molecular weight is 401 g/mol. The zero-order valence-electron chi connectivity index (χ0n) is 15.5. The van der Waals surface area contributed by atoms with Gasteiger partial charge in [0.2, 0.25) is 15.9 Å². The molecule has 2 N–H and O–H groups in total. The van der Waals surface area contributed by atoms with Crippen molar-refractivity contribution in [3.63, 3.8) is 0 Å². The fourth-order valence-corrected chi connectivity index (χ4v) is 3.38. The highest BCUT2D eigenvalue weighted by Gasteiger charge is 2.30. The van der Waals surface area contributed by atoms with Crippen LogP contribution in [0.5, 0.6) is 0 Å². The van der Waals surface area contributed by atoms with Gasteiger partial charge in [-0.25, -0.2) is 13.2 Å². The number of ether oxygens (including phenoxy) is 1. The molecule has 1 rings (SSSR count). The normalized spacial score (nSPS) is 14.7. The number of nitro groups is 1. The third-order valence-corrected chi connectivity index (χ3v) is 5.61. The van der Waals surface area contributed by atoms with Crippen LogP contribution in [0, 0.1) is 16.0 Å². The number of esters is 1. The number of methoxy groups -OCH3 is 1. The predicted molar refractivity (Wildman–Crippen MR) is 96.3 cm³/mol. The van der Waals surface area contributed by atoms with E-state index in [2.05, 4.69) is 14.8 Å². The average Bonchev–Trinajstić information content (AvgIpc) is 2.64. The largest absolute Gasteiger partial charge is 0.467 e. The van der Waals surface area contributed by atoms with Crippen molar-refractivity contribution in [2.24, 2.45) is 5.92 Å². The van der Waals surface area contributed by atoms with E-state index in [1.807, 2.05) is 6.92 Å². The lowest BCUT2D eigenvalue weighted by atomic mass is 9.99. The van der Waals surface area contributed by atoms with Gasteiger partial charge in [0.05, 0.1) is 23.0 Å². The summed E-state index contributed by atoms with van der Waals surface area (Å²) in [7, 11) is -2.89. The van der Waals surface area contributed by atoms with Gasteiger partial charge in [-0.3, -0.25) is 14.9 Å². The summed E-state index contributed by atoms with van der Waals surface area (Å²) < 4.78 is 31.5. The number of nitrogens with one attached hydrogen (secondary N) is 2. The first kappa shape index (κ1) is 22.5. The molecular weight excluding hydrogens is 378 g/mol. The number of amides is 1.